The van der Waals surface area contributed by atoms with Crippen molar-refractivity contribution in [3.63, 3.8) is 0 Å². The fraction of sp³-hybridized carbons (Fsp3) is 0.207. The van der Waals surface area contributed by atoms with E-state index in [-0.39, 0.29) is 24.5 Å². The van der Waals surface area contributed by atoms with E-state index < -0.39 is 5.91 Å². The predicted octanol–water partition coefficient (Wildman–Crippen LogP) is 5.17. The molecule has 0 bridgehead atoms. The SMILES string of the molecule is O=C(NOCC(=O)N1N=C2C(=Cc3ccccc3)CCCC2C1c1ccccc1)c1ccccc1. The molecule has 2 atom stereocenters. The molecule has 35 heavy (non-hydrogen) atoms. The molecule has 0 aromatic heterocycles. The zero-order chi connectivity index (χ0) is 24.0. The van der Waals surface area contributed by atoms with Gasteiger partial charge in [0.05, 0.1) is 11.8 Å². The molecule has 3 aromatic carbocycles. The number of hydrazone groups is 1. The van der Waals surface area contributed by atoms with Crippen molar-refractivity contribution in [2.24, 2.45) is 11.0 Å². The van der Waals surface area contributed by atoms with E-state index in [0.29, 0.717) is 5.56 Å². The molecule has 1 heterocycles. The zero-order valence-corrected chi connectivity index (χ0v) is 19.3. The third kappa shape index (κ3) is 5.08. The average molecular weight is 466 g/mol. The second-order valence-electron chi connectivity index (χ2n) is 8.74. The lowest BCUT2D eigenvalue weighted by atomic mass is 9.77. The zero-order valence-electron chi connectivity index (χ0n) is 19.3. The maximum atomic E-state index is 13.3. The largest absolute Gasteiger partial charge is 0.274 e. The first-order chi connectivity index (χ1) is 17.2. The second kappa shape index (κ2) is 10.5. The summed E-state index contributed by atoms with van der Waals surface area (Å²) in [6.07, 6.45) is 5.10. The van der Waals surface area contributed by atoms with Gasteiger partial charge in [0.25, 0.3) is 11.8 Å². The third-order valence-corrected chi connectivity index (χ3v) is 6.44. The van der Waals surface area contributed by atoms with Gasteiger partial charge in [-0.05, 0) is 54.2 Å². The smallest absolute Gasteiger partial charge is 0.270 e. The molecular formula is C29H27N3O3. The van der Waals surface area contributed by atoms with Crippen molar-refractivity contribution in [1.82, 2.24) is 10.5 Å². The van der Waals surface area contributed by atoms with E-state index >= 15 is 0 Å². The molecule has 2 aliphatic rings. The number of benzene rings is 3. The number of rotatable bonds is 6. The van der Waals surface area contributed by atoms with E-state index in [4.69, 9.17) is 9.94 Å². The number of nitrogens with one attached hydrogen (secondary N) is 1. The molecule has 0 radical (unpaired) electrons. The Morgan fingerprint density at radius 2 is 1.60 bits per heavy atom. The lowest BCUT2D eigenvalue weighted by molar-refractivity contribution is -0.140. The lowest BCUT2D eigenvalue weighted by Gasteiger charge is -2.29. The number of nitrogens with zero attached hydrogens (tertiary/aromatic N) is 2. The lowest BCUT2D eigenvalue weighted by Crippen LogP contribution is -2.36. The highest BCUT2D eigenvalue weighted by atomic mass is 16.7. The monoisotopic (exact) mass is 465 g/mol. The van der Waals surface area contributed by atoms with Crippen molar-refractivity contribution in [1.29, 1.82) is 0 Å². The van der Waals surface area contributed by atoms with Crippen LogP contribution in [0.2, 0.25) is 0 Å². The Balaban J connectivity index is 1.37. The van der Waals surface area contributed by atoms with Gasteiger partial charge in [0, 0.05) is 11.5 Å². The minimum Gasteiger partial charge on any atom is -0.270 e. The molecular weight excluding hydrogens is 438 g/mol. The van der Waals surface area contributed by atoms with Gasteiger partial charge in [-0.2, -0.15) is 5.10 Å². The molecule has 0 spiro atoms. The van der Waals surface area contributed by atoms with E-state index in [1.165, 1.54) is 5.57 Å². The van der Waals surface area contributed by atoms with Crippen molar-refractivity contribution in [3.05, 3.63) is 113 Å². The maximum absolute atomic E-state index is 13.3. The number of allylic oxidation sites excluding steroid dienone is 1. The summed E-state index contributed by atoms with van der Waals surface area (Å²) in [5.41, 5.74) is 7.13. The fourth-order valence-electron chi connectivity index (χ4n) is 4.82. The van der Waals surface area contributed by atoms with Crippen molar-refractivity contribution in [2.45, 2.75) is 25.3 Å². The Labute approximate surface area is 204 Å². The van der Waals surface area contributed by atoms with Crippen LogP contribution < -0.4 is 5.48 Å². The maximum Gasteiger partial charge on any atom is 0.274 e. The highest BCUT2D eigenvalue weighted by Crippen LogP contribution is 2.44. The Morgan fingerprint density at radius 1 is 0.943 bits per heavy atom. The number of carbonyl (C=O) groups excluding carboxylic acids is 2. The Morgan fingerprint density at radius 3 is 2.31 bits per heavy atom. The van der Waals surface area contributed by atoms with Gasteiger partial charge in [-0.25, -0.2) is 10.5 Å². The van der Waals surface area contributed by atoms with Crippen molar-refractivity contribution in [3.8, 4) is 0 Å². The number of fused-ring (bicyclic) bond motifs is 1. The molecule has 2 amide bonds. The van der Waals surface area contributed by atoms with Gasteiger partial charge in [0.15, 0.2) is 6.61 Å². The summed E-state index contributed by atoms with van der Waals surface area (Å²) in [5, 5.41) is 6.39. The van der Waals surface area contributed by atoms with Crippen LogP contribution in [0.5, 0.6) is 0 Å². The summed E-state index contributed by atoms with van der Waals surface area (Å²) < 4.78 is 0. The topological polar surface area (TPSA) is 71.0 Å². The van der Waals surface area contributed by atoms with E-state index in [1.54, 1.807) is 29.3 Å². The van der Waals surface area contributed by atoms with Crippen molar-refractivity contribution in [2.75, 3.05) is 6.61 Å². The molecule has 6 heteroatoms. The molecule has 6 nitrogen and oxygen atoms in total. The standard InChI is InChI=1S/C29H27N3O3/c33-26(20-35-31-29(34)23-15-8-3-9-16-23)32-28(22-13-6-2-7-14-22)25-18-10-17-24(27(25)30-32)19-21-11-4-1-5-12-21/h1-9,11-16,19,25,28H,10,17-18,20H2,(H,31,34). The van der Waals surface area contributed by atoms with Crippen LogP contribution in [-0.4, -0.2) is 29.1 Å². The number of hydrogen-bond donors (Lipinski definition) is 1. The van der Waals surface area contributed by atoms with Gasteiger partial charge in [0.1, 0.15) is 0 Å². The van der Waals surface area contributed by atoms with E-state index in [2.05, 4.69) is 23.7 Å². The molecule has 176 valence electrons. The van der Waals surface area contributed by atoms with Gasteiger partial charge in [0.2, 0.25) is 0 Å². The van der Waals surface area contributed by atoms with Crippen LogP contribution in [0.15, 0.2) is 102 Å². The molecule has 1 aliphatic heterocycles. The molecule has 3 aromatic rings. The summed E-state index contributed by atoms with van der Waals surface area (Å²) in [4.78, 5) is 30.8. The van der Waals surface area contributed by atoms with Crippen LogP contribution in [0, 0.1) is 5.92 Å². The van der Waals surface area contributed by atoms with Crippen LogP contribution in [0.1, 0.15) is 46.8 Å². The Kier molecular flexibility index (Phi) is 6.82. The first-order valence-electron chi connectivity index (χ1n) is 11.9. The number of amides is 2. The number of hydroxylamine groups is 1. The summed E-state index contributed by atoms with van der Waals surface area (Å²) >= 11 is 0. The Bertz CT molecular complexity index is 1240. The van der Waals surface area contributed by atoms with Gasteiger partial charge in [-0.15, -0.1) is 0 Å². The molecule has 1 aliphatic carbocycles. The predicted molar refractivity (Wildman–Crippen MR) is 135 cm³/mol. The fourth-order valence-corrected chi connectivity index (χ4v) is 4.82. The minimum absolute atomic E-state index is 0.115. The minimum atomic E-state index is -0.396. The van der Waals surface area contributed by atoms with Crippen LogP contribution in [0.4, 0.5) is 0 Å². The van der Waals surface area contributed by atoms with E-state index in [0.717, 1.165) is 36.1 Å². The summed E-state index contributed by atoms with van der Waals surface area (Å²) in [6, 6.07) is 28.7. The molecule has 1 fully saturated rings. The van der Waals surface area contributed by atoms with E-state index in [9.17, 15) is 9.59 Å². The highest BCUT2D eigenvalue weighted by Gasteiger charge is 2.43. The average Bonchev–Trinajstić information content (AvgIpc) is 3.31. The normalized spacial score (nSPS) is 20.3. The second-order valence-corrected chi connectivity index (χ2v) is 8.74. The van der Waals surface area contributed by atoms with Gasteiger partial charge < -0.3 is 0 Å². The molecule has 2 unspecified atom stereocenters. The quantitative estimate of drug-likeness (QED) is 0.511. The van der Waals surface area contributed by atoms with Gasteiger partial charge >= 0.3 is 0 Å². The third-order valence-electron chi connectivity index (χ3n) is 6.44. The molecule has 1 saturated carbocycles. The van der Waals surface area contributed by atoms with Crippen LogP contribution in [0.25, 0.3) is 6.08 Å². The number of carbonyl (C=O) groups is 2. The van der Waals surface area contributed by atoms with Gasteiger partial charge in [-0.3, -0.25) is 14.4 Å². The van der Waals surface area contributed by atoms with Crippen LogP contribution in [0.3, 0.4) is 0 Å². The first-order valence-corrected chi connectivity index (χ1v) is 11.9. The molecule has 0 saturated heterocycles. The summed E-state index contributed by atoms with van der Waals surface area (Å²) in [6.45, 7) is -0.302. The molecule has 5 rings (SSSR count). The van der Waals surface area contributed by atoms with Crippen LogP contribution >= 0.6 is 0 Å². The first kappa shape index (κ1) is 22.7. The van der Waals surface area contributed by atoms with Gasteiger partial charge in [-0.1, -0.05) is 78.9 Å². The number of hydrogen-bond acceptors (Lipinski definition) is 4. The van der Waals surface area contributed by atoms with Crippen LogP contribution in [-0.2, 0) is 9.63 Å². The van der Waals surface area contributed by atoms with E-state index in [1.807, 2.05) is 54.6 Å². The summed E-state index contributed by atoms with van der Waals surface area (Å²) in [7, 11) is 0. The summed E-state index contributed by atoms with van der Waals surface area (Å²) in [5.74, 6) is -0.579. The van der Waals surface area contributed by atoms with Crippen molar-refractivity contribution >= 4 is 23.6 Å². The molecule has 1 N–H and O–H groups in total. The Hall–Kier alpha value is -4.03. The van der Waals surface area contributed by atoms with Crippen molar-refractivity contribution < 1.29 is 14.4 Å². The highest BCUT2D eigenvalue weighted by molar-refractivity contribution is 6.08.